The number of hydrogen-bond donors (Lipinski definition) is 2. The molecule has 1 aliphatic carbocycles. The van der Waals surface area contributed by atoms with Crippen LogP contribution in [0.25, 0.3) is 17.2 Å². The van der Waals surface area contributed by atoms with Crippen molar-refractivity contribution in [3.63, 3.8) is 0 Å². The summed E-state index contributed by atoms with van der Waals surface area (Å²) in [7, 11) is 8.70. The standard InChI is InChI=1S/C32H37FN4O5/c1-20-25(14-21-15-28(40-5)31(29(16-21)41-6)42-32(39)34-11-13-36(2)3)24-10-9-22(33)17-27(24)26(20)18-30(38)35-19-23-8-7-12-37(23)4/h7-10,12,14-17H,11,13,18-19H2,1-6H3,(H,34,39)(H,35,38)/b25-14-. The van der Waals surface area contributed by atoms with Gasteiger partial charge in [0.25, 0.3) is 0 Å². The second kappa shape index (κ2) is 13.4. The first kappa shape index (κ1) is 30.4. The van der Waals surface area contributed by atoms with Crippen molar-refractivity contribution >= 4 is 29.2 Å². The number of carbonyl (C=O) groups is 2. The Bertz CT molecular complexity index is 1510. The Morgan fingerprint density at radius 1 is 1.02 bits per heavy atom. The maximum Gasteiger partial charge on any atom is 0.412 e. The minimum Gasteiger partial charge on any atom is -0.493 e. The lowest BCUT2D eigenvalue weighted by Gasteiger charge is -2.16. The molecule has 0 saturated carbocycles. The number of aryl methyl sites for hydroxylation is 1. The van der Waals surface area contributed by atoms with Crippen LogP contribution in [0.4, 0.5) is 9.18 Å². The highest BCUT2D eigenvalue weighted by atomic mass is 19.1. The predicted molar refractivity (Wildman–Crippen MR) is 161 cm³/mol. The van der Waals surface area contributed by atoms with Crippen molar-refractivity contribution < 1.29 is 28.2 Å². The van der Waals surface area contributed by atoms with E-state index in [2.05, 4.69) is 10.6 Å². The van der Waals surface area contributed by atoms with Gasteiger partial charge in [-0.3, -0.25) is 4.79 Å². The lowest BCUT2D eigenvalue weighted by molar-refractivity contribution is -0.120. The van der Waals surface area contributed by atoms with E-state index in [0.29, 0.717) is 42.3 Å². The van der Waals surface area contributed by atoms with E-state index in [-0.39, 0.29) is 23.9 Å². The van der Waals surface area contributed by atoms with Crippen LogP contribution in [0.15, 0.2) is 54.2 Å². The summed E-state index contributed by atoms with van der Waals surface area (Å²) in [5.74, 6) is 0.238. The number of amides is 2. The molecule has 0 bridgehead atoms. The third kappa shape index (κ3) is 7.01. The summed E-state index contributed by atoms with van der Waals surface area (Å²) in [6.07, 6.45) is 3.32. The molecule has 1 aliphatic rings. The third-order valence-corrected chi connectivity index (χ3v) is 7.13. The molecule has 3 aromatic rings. The smallest absolute Gasteiger partial charge is 0.412 e. The number of methoxy groups -OCH3 is 2. The van der Waals surface area contributed by atoms with Crippen LogP contribution in [0.1, 0.15) is 35.7 Å². The highest BCUT2D eigenvalue weighted by molar-refractivity contribution is 6.08. The molecule has 1 heterocycles. The molecule has 0 radical (unpaired) electrons. The number of carbonyl (C=O) groups excluding carboxylic acids is 2. The fourth-order valence-electron chi connectivity index (χ4n) is 4.83. The minimum absolute atomic E-state index is 0.104. The van der Waals surface area contributed by atoms with Gasteiger partial charge in [0.15, 0.2) is 11.5 Å². The second-order valence-corrected chi connectivity index (χ2v) is 10.3. The summed E-state index contributed by atoms with van der Waals surface area (Å²) in [6.45, 7) is 3.39. The van der Waals surface area contributed by atoms with Crippen LogP contribution in [0.5, 0.6) is 17.2 Å². The number of aromatic nitrogens is 1. The van der Waals surface area contributed by atoms with Gasteiger partial charge in [0.05, 0.1) is 27.2 Å². The van der Waals surface area contributed by atoms with Gasteiger partial charge in [-0.2, -0.15) is 0 Å². The minimum atomic E-state index is -0.625. The Kier molecular flexibility index (Phi) is 9.69. The highest BCUT2D eigenvalue weighted by Gasteiger charge is 2.26. The zero-order valence-corrected chi connectivity index (χ0v) is 24.8. The van der Waals surface area contributed by atoms with E-state index < -0.39 is 6.09 Å². The normalized spacial score (nSPS) is 13.4. The van der Waals surface area contributed by atoms with Crippen LogP contribution in [0.3, 0.4) is 0 Å². The molecule has 0 unspecified atom stereocenters. The SMILES string of the molecule is COc1cc(/C=C2/C(C)=C(CC(=O)NCc3cccn3C)c3cc(F)ccc32)cc(OC)c1OC(=O)NCCN(C)C. The van der Waals surface area contributed by atoms with Crippen molar-refractivity contribution in [1.29, 1.82) is 0 Å². The first-order chi connectivity index (χ1) is 20.1. The monoisotopic (exact) mass is 576 g/mol. The van der Waals surface area contributed by atoms with E-state index in [1.807, 2.05) is 61.9 Å². The molecule has 2 N–H and O–H groups in total. The molecule has 1 aromatic heterocycles. The Labute approximate surface area is 245 Å². The summed E-state index contributed by atoms with van der Waals surface area (Å²) in [5, 5.41) is 5.67. The molecule has 10 heteroatoms. The molecular weight excluding hydrogens is 539 g/mol. The maximum absolute atomic E-state index is 14.4. The Balaban J connectivity index is 1.63. The molecule has 9 nitrogen and oxygen atoms in total. The van der Waals surface area contributed by atoms with Crippen LogP contribution in [-0.4, -0.2) is 62.9 Å². The lowest BCUT2D eigenvalue weighted by atomic mass is 10.00. The van der Waals surface area contributed by atoms with Crippen LogP contribution in [-0.2, 0) is 18.4 Å². The largest absolute Gasteiger partial charge is 0.493 e. The molecule has 2 amide bonds. The number of hydrogen-bond acceptors (Lipinski definition) is 6. The number of rotatable bonds is 11. The number of likely N-dealkylation sites (N-methyl/N-ethyl adjacent to an activating group) is 1. The molecular formula is C32H37FN4O5. The second-order valence-electron chi connectivity index (χ2n) is 10.3. The van der Waals surface area contributed by atoms with Crippen molar-refractivity contribution in [1.82, 2.24) is 20.1 Å². The van der Waals surface area contributed by atoms with Crippen molar-refractivity contribution in [3.8, 4) is 17.2 Å². The Morgan fingerprint density at radius 2 is 1.74 bits per heavy atom. The maximum atomic E-state index is 14.4. The summed E-state index contributed by atoms with van der Waals surface area (Å²) in [4.78, 5) is 27.3. The topological polar surface area (TPSA) is 94.1 Å². The molecule has 0 fully saturated rings. The molecule has 0 spiro atoms. The van der Waals surface area contributed by atoms with Crippen LogP contribution >= 0.6 is 0 Å². The summed E-state index contributed by atoms with van der Waals surface area (Å²) < 4.78 is 33.0. The number of halogens is 1. The zero-order chi connectivity index (χ0) is 30.4. The average molecular weight is 577 g/mol. The Morgan fingerprint density at radius 3 is 2.36 bits per heavy atom. The Hall–Kier alpha value is -4.57. The average Bonchev–Trinajstić information content (AvgIpc) is 3.47. The predicted octanol–water partition coefficient (Wildman–Crippen LogP) is 4.87. The molecule has 42 heavy (non-hydrogen) atoms. The van der Waals surface area contributed by atoms with Crippen molar-refractivity contribution in [2.75, 3.05) is 41.4 Å². The van der Waals surface area contributed by atoms with Gasteiger partial charge >= 0.3 is 6.09 Å². The van der Waals surface area contributed by atoms with Gasteiger partial charge in [-0.25, -0.2) is 9.18 Å². The van der Waals surface area contributed by atoms with Gasteiger partial charge in [-0.05, 0) is 96.9 Å². The number of nitrogens with one attached hydrogen (secondary N) is 2. The van der Waals surface area contributed by atoms with E-state index in [1.165, 1.54) is 26.4 Å². The van der Waals surface area contributed by atoms with E-state index in [0.717, 1.165) is 28.0 Å². The summed E-state index contributed by atoms with van der Waals surface area (Å²) >= 11 is 0. The van der Waals surface area contributed by atoms with Gasteiger partial charge in [-0.15, -0.1) is 0 Å². The van der Waals surface area contributed by atoms with Crippen LogP contribution < -0.4 is 24.8 Å². The fraction of sp³-hybridized carbons (Fsp3) is 0.312. The number of nitrogens with zero attached hydrogens (tertiary/aromatic N) is 2. The van der Waals surface area contributed by atoms with Crippen molar-refractivity contribution in [2.45, 2.75) is 19.9 Å². The van der Waals surface area contributed by atoms with E-state index in [4.69, 9.17) is 14.2 Å². The number of fused-ring (bicyclic) bond motifs is 1. The molecule has 0 atom stereocenters. The highest BCUT2D eigenvalue weighted by Crippen LogP contribution is 2.45. The van der Waals surface area contributed by atoms with Gasteiger partial charge in [0.1, 0.15) is 5.82 Å². The molecule has 2 aromatic carbocycles. The number of benzene rings is 2. The van der Waals surface area contributed by atoms with Gasteiger partial charge in [-0.1, -0.05) is 6.07 Å². The lowest BCUT2D eigenvalue weighted by Crippen LogP contribution is -2.33. The molecule has 0 saturated heterocycles. The summed E-state index contributed by atoms with van der Waals surface area (Å²) in [5.41, 5.74) is 5.65. The van der Waals surface area contributed by atoms with Crippen LogP contribution in [0, 0.1) is 5.82 Å². The van der Waals surface area contributed by atoms with E-state index in [1.54, 1.807) is 18.2 Å². The quantitative estimate of drug-likeness (QED) is 0.339. The summed E-state index contributed by atoms with van der Waals surface area (Å²) in [6, 6.07) is 11.9. The molecule has 0 aliphatic heterocycles. The third-order valence-electron chi connectivity index (χ3n) is 7.13. The van der Waals surface area contributed by atoms with Crippen molar-refractivity contribution in [3.05, 3.63) is 82.4 Å². The number of ether oxygens (including phenoxy) is 3. The molecule has 4 rings (SSSR count). The van der Waals surface area contributed by atoms with Crippen LogP contribution in [0.2, 0.25) is 0 Å². The van der Waals surface area contributed by atoms with Gasteiger partial charge in [0.2, 0.25) is 11.7 Å². The van der Waals surface area contributed by atoms with Gasteiger partial charge in [0, 0.05) is 32.0 Å². The first-order valence-corrected chi connectivity index (χ1v) is 13.6. The first-order valence-electron chi connectivity index (χ1n) is 13.6. The van der Waals surface area contributed by atoms with Crippen molar-refractivity contribution in [2.24, 2.45) is 7.05 Å². The number of allylic oxidation sites excluding steroid dienone is 2. The van der Waals surface area contributed by atoms with E-state index in [9.17, 15) is 14.0 Å². The zero-order valence-electron chi connectivity index (χ0n) is 24.8. The molecule has 222 valence electrons. The fourth-order valence-corrected chi connectivity index (χ4v) is 4.83. The van der Waals surface area contributed by atoms with E-state index >= 15 is 0 Å². The van der Waals surface area contributed by atoms with Gasteiger partial charge < -0.3 is 34.3 Å².